The fraction of sp³-hybridized carbons (Fsp3) is 0.360. The molecule has 180 valence electrons. The Kier molecular flexibility index (Phi) is 8.07. The lowest BCUT2D eigenvalue weighted by molar-refractivity contribution is -0.147. The van der Waals surface area contributed by atoms with Crippen molar-refractivity contribution in [2.24, 2.45) is 0 Å². The largest absolute Gasteiger partial charge is 0.480 e. The van der Waals surface area contributed by atoms with Crippen LogP contribution < -0.4 is 4.84 Å². The Labute approximate surface area is 199 Å². The number of ketones is 1. The molecule has 1 aliphatic carbocycles. The molecule has 0 aliphatic heterocycles. The van der Waals surface area contributed by atoms with E-state index in [9.17, 15) is 24.4 Å². The highest BCUT2D eigenvalue weighted by Crippen LogP contribution is 2.43. The van der Waals surface area contributed by atoms with Gasteiger partial charge in [-0.1, -0.05) is 49.3 Å². The van der Waals surface area contributed by atoms with Gasteiger partial charge in [-0.3, -0.25) is 14.2 Å². The number of nitrogens with zero attached hydrogens (tertiary/aromatic N) is 1. The number of fused-ring (bicyclic) bond motifs is 1. The third-order valence-electron chi connectivity index (χ3n) is 6.12. The highest BCUT2D eigenvalue weighted by Gasteiger charge is 2.34. The highest BCUT2D eigenvalue weighted by molar-refractivity contribution is 7.20. The highest BCUT2D eigenvalue weighted by atomic mass is 31.1. The average Bonchev–Trinajstić information content (AvgIpc) is 3.21. The van der Waals surface area contributed by atoms with Crippen molar-refractivity contribution >= 4 is 20.4 Å². The van der Waals surface area contributed by atoms with E-state index in [1.165, 1.54) is 13.2 Å². The number of Topliss-reactive ketones (excluding diaryl/α,β-unsaturated/α-hetero) is 1. The van der Waals surface area contributed by atoms with E-state index in [1.54, 1.807) is 12.1 Å². The van der Waals surface area contributed by atoms with Crippen LogP contribution >= 0.6 is 8.61 Å². The van der Waals surface area contributed by atoms with Crippen LogP contribution in [-0.4, -0.2) is 32.8 Å². The van der Waals surface area contributed by atoms with Crippen molar-refractivity contribution in [3.05, 3.63) is 70.0 Å². The lowest BCUT2D eigenvalue weighted by Gasteiger charge is -2.24. The van der Waals surface area contributed by atoms with Gasteiger partial charge in [-0.2, -0.15) is 0 Å². The number of carboxylic acids is 1. The minimum absolute atomic E-state index is 0.0198. The Balaban J connectivity index is 1.81. The van der Waals surface area contributed by atoms with E-state index in [4.69, 9.17) is 9.25 Å². The Morgan fingerprint density at radius 2 is 2.06 bits per heavy atom. The molecule has 1 heterocycles. The summed E-state index contributed by atoms with van der Waals surface area (Å²) in [5.41, 5.74) is 4.40. The van der Waals surface area contributed by atoms with Crippen LogP contribution in [0.5, 0.6) is 11.7 Å². The Bertz CT molecular complexity index is 1160. The number of carbonyl (C=O) groups excluding carboxylic acids is 1. The van der Waals surface area contributed by atoms with Gasteiger partial charge in [0.1, 0.15) is 5.56 Å². The molecule has 0 spiro atoms. The van der Waals surface area contributed by atoms with E-state index >= 15 is 0 Å². The van der Waals surface area contributed by atoms with Gasteiger partial charge in [-0.25, -0.2) is 0 Å². The summed E-state index contributed by atoms with van der Waals surface area (Å²) in [7, 11) is -0.567. The molecule has 0 bridgehead atoms. The topological polar surface area (TPSA) is 117 Å². The average molecular weight is 485 g/mol. The standard InChI is InChI=1S/C25H28NO7P/c1-5-18-15(3)20-13-32-25(30)22(20)23(27)19(18)11-10-14(2)12-17-8-6-7-9-21(17)33-26(34-31)16(4)24(28)29/h6-10,13,15-16,30H,5,11-12H2,1-4H3,(H,28,29)/t15?,16-/m0/s1. The number of aromatic hydroxyl groups is 1. The van der Waals surface area contributed by atoms with Gasteiger partial charge in [0.15, 0.2) is 17.6 Å². The summed E-state index contributed by atoms with van der Waals surface area (Å²) in [6, 6.07) is 6.01. The maximum Gasteiger partial charge on any atom is 0.325 e. The van der Waals surface area contributed by atoms with E-state index in [-0.39, 0.29) is 23.2 Å². The maximum atomic E-state index is 13.1. The molecule has 1 aliphatic rings. The summed E-state index contributed by atoms with van der Waals surface area (Å²) in [5, 5.41) is 19.2. The monoisotopic (exact) mass is 485 g/mol. The Morgan fingerprint density at radius 3 is 2.71 bits per heavy atom. The number of para-hydroxylation sites is 1. The molecule has 0 saturated carbocycles. The summed E-state index contributed by atoms with van der Waals surface area (Å²) >= 11 is 0. The van der Waals surface area contributed by atoms with Gasteiger partial charge >= 0.3 is 5.97 Å². The lowest BCUT2D eigenvalue weighted by atomic mass is 9.78. The predicted molar refractivity (Wildman–Crippen MR) is 126 cm³/mol. The van der Waals surface area contributed by atoms with Gasteiger partial charge in [-0.15, -0.1) is 0 Å². The number of carbonyl (C=O) groups is 2. The molecule has 0 fully saturated rings. The van der Waals surface area contributed by atoms with Crippen LogP contribution in [0.4, 0.5) is 0 Å². The zero-order chi connectivity index (χ0) is 25.0. The van der Waals surface area contributed by atoms with Gasteiger partial charge in [0.05, 0.1) is 6.26 Å². The third kappa shape index (κ3) is 5.13. The molecule has 34 heavy (non-hydrogen) atoms. The second kappa shape index (κ2) is 10.8. The molecule has 0 saturated heterocycles. The minimum atomic E-state index is -1.16. The van der Waals surface area contributed by atoms with E-state index in [0.717, 1.165) is 21.5 Å². The fourth-order valence-electron chi connectivity index (χ4n) is 4.15. The summed E-state index contributed by atoms with van der Waals surface area (Å²) in [6.45, 7) is 7.32. The summed E-state index contributed by atoms with van der Waals surface area (Å²) in [6.07, 6.45) is 5.03. The summed E-state index contributed by atoms with van der Waals surface area (Å²) in [5.74, 6) is -1.33. The number of furan rings is 1. The fourth-order valence-corrected chi connectivity index (χ4v) is 4.51. The van der Waals surface area contributed by atoms with Crippen LogP contribution in [-0.2, 0) is 15.8 Å². The smallest absolute Gasteiger partial charge is 0.325 e. The van der Waals surface area contributed by atoms with Crippen molar-refractivity contribution in [1.29, 1.82) is 0 Å². The molecule has 1 aromatic heterocycles. The van der Waals surface area contributed by atoms with E-state index in [1.807, 2.05) is 39.0 Å². The first-order chi connectivity index (χ1) is 16.2. The summed E-state index contributed by atoms with van der Waals surface area (Å²) in [4.78, 5) is 30.8. The van der Waals surface area contributed by atoms with Crippen LogP contribution in [0.2, 0.25) is 0 Å². The Morgan fingerprint density at radius 1 is 1.35 bits per heavy atom. The number of carboxylic acid groups (broad SMARTS) is 1. The normalized spacial score (nSPS) is 17.3. The molecule has 9 heteroatoms. The molecule has 3 rings (SSSR count). The maximum absolute atomic E-state index is 13.1. The molecule has 1 unspecified atom stereocenters. The van der Waals surface area contributed by atoms with Crippen LogP contribution in [0.25, 0.3) is 0 Å². The van der Waals surface area contributed by atoms with Crippen LogP contribution in [0.1, 0.15) is 67.9 Å². The zero-order valence-electron chi connectivity index (χ0n) is 19.6. The van der Waals surface area contributed by atoms with E-state index in [0.29, 0.717) is 36.1 Å². The van der Waals surface area contributed by atoms with Gasteiger partial charge in [0, 0.05) is 22.6 Å². The first-order valence-electron chi connectivity index (χ1n) is 11.0. The number of aliphatic carboxylic acids is 1. The van der Waals surface area contributed by atoms with Crippen molar-refractivity contribution in [2.45, 2.75) is 58.9 Å². The number of hydrogen-bond acceptors (Lipinski definition) is 6. The second-order valence-electron chi connectivity index (χ2n) is 8.31. The summed E-state index contributed by atoms with van der Waals surface area (Å²) < 4.78 is 16.5. The van der Waals surface area contributed by atoms with Gasteiger partial charge in [-0.05, 0) is 44.0 Å². The van der Waals surface area contributed by atoms with Crippen molar-refractivity contribution < 1.29 is 33.6 Å². The molecule has 2 aromatic rings. The van der Waals surface area contributed by atoms with Crippen molar-refractivity contribution in [3.63, 3.8) is 0 Å². The number of rotatable bonds is 10. The zero-order valence-corrected chi connectivity index (χ0v) is 20.5. The Hall–Kier alpha value is -3.22. The quantitative estimate of drug-likeness (QED) is 0.245. The van der Waals surface area contributed by atoms with Crippen molar-refractivity contribution in [1.82, 2.24) is 4.83 Å². The van der Waals surface area contributed by atoms with Crippen molar-refractivity contribution in [2.75, 3.05) is 0 Å². The molecule has 8 nitrogen and oxygen atoms in total. The van der Waals surface area contributed by atoms with Gasteiger partial charge in [0.2, 0.25) is 0 Å². The molecule has 2 N–H and O–H groups in total. The molecular formula is C25H28NO7P. The first-order valence-corrected chi connectivity index (χ1v) is 11.8. The van der Waals surface area contributed by atoms with Crippen LogP contribution in [0.3, 0.4) is 0 Å². The van der Waals surface area contributed by atoms with Gasteiger partial charge < -0.3 is 19.5 Å². The van der Waals surface area contributed by atoms with Crippen LogP contribution in [0.15, 0.2) is 57.7 Å². The number of allylic oxidation sites excluding steroid dienone is 4. The van der Waals surface area contributed by atoms with E-state index in [2.05, 4.69) is 0 Å². The third-order valence-corrected chi connectivity index (χ3v) is 6.71. The van der Waals surface area contributed by atoms with Crippen LogP contribution in [0, 0.1) is 0 Å². The minimum Gasteiger partial charge on any atom is -0.480 e. The molecule has 2 atom stereocenters. The first kappa shape index (κ1) is 25.4. The van der Waals surface area contributed by atoms with Gasteiger partial charge in [0.25, 0.3) is 14.6 Å². The number of hydroxylamine groups is 1. The van der Waals surface area contributed by atoms with E-state index < -0.39 is 20.6 Å². The number of benzene rings is 1. The number of hydrogen-bond donors (Lipinski definition) is 2. The lowest BCUT2D eigenvalue weighted by Crippen LogP contribution is -2.34. The molecule has 0 radical (unpaired) electrons. The van der Waals surface area contributed by atoms with Crippen molar-refractivity contribution in [3.8, 4) is 11.7 Å². The predicted octanol–water partition coefficient (Wildman–Crippen LogP) is 5.85. The second-order valence-corrected chi connectivity index (χ2v) is 8.87. The molecule has 0 amide bonds. The molecular weight excluding hydrogens is 457 g/mol. The molecule has 1 aromatic carbocycles. The SMILES string of the molecule is CCC1=C(CC=C(C)Cc2ccccc2ON(P=O)[C@@H](C)C(=O)O)C(=O)c2c(coc2O)C1C.